The van der Waals surface area contributed by atoms with Gasteiger partial charge in [-0.05, 0) is 19.9 Å². The number of nitrogens with zero attached hydrogens (tertiary/aromatic N) is 1. The van der Waals surface area contributed by atoms with Crippen molar-refractivity contribution in [2.24, 2.45) is 0 Å². The van der Waals surface area contributed by atoms with E-state index in [9.17, 15) is 9.18 Å². The maximum absolute atomic E-state index is 13.6. The van der Waals surface area contributed by atoms with Crippen LogP contribution in [0.2, 0.25) is 0 Å². The molecule has 0 aliphatic carbocycles. The van der Waals surface area contributed by atoms with Gasteiger partial charge in [0.1, 0.15) is 11.6 Å². The maximum atomic E-state index is 13.6. The van der Waals surface area contributed by atoms with E-state index >= 15 is 0 Å². The summed E-state index contributed by atoms with van der Waals surface area (Å²) >= 11 is 0. The Kier molecular flexibility index (Phi) is 6.29. The van der Waals surface area contributed by atoms with Crippen LogP contribution in [0.1, 0.15) is 19.4 Å². The minimum Gasteiger partial charge on any atom is -0.497 e. The number of nitrogens with one attached hydrogen (secondary N) is 1. The molecule has 0 saturated heterocycles. The number of ether oxygens (including phenoxy) is 1. The quantitative estimate of drug-likeness (QED) is 0.820. The second-order valence-electron chi connectivity index (χ2n) is 4.13. The van der Waals surface area contributed by atoms with Crippen molar-refractivity contribution >= 4 is 5.91 Å². The van der Waals surface area contributed by atoms with Crippen molar-refractivity contribution in [3.8, 4) is 5.75 Å². The Morgan fingerprint density at radius 1 is 1.37 bits per heavy atom. The highest BCUT2D eigenvalue weighted by atomic mass is 19.1. The molecule has 0 saturated carbocycles. The van der Waals surface area contributed by atoms with Gasteiger partial charge < -0.3 is 15.0 Å². The third kappa shape index (κ3) is 4.52. The van der Waals surface area contributed by atoms with Crippen LogP contribution < -0.4 is 10.1 Å². The molecule has 0 radical (unpaired) electrons. The topological polar surface area (TPSA) is 41.6 Å². The average Bonchev–Trinajstić information content (AvgIpc) is 2.42. The van der Waals surface area contributed by atoms with Crippen LogP contribution in [0.3, 0.4) is 0 Å². The van der Waals surface area contributed by atoms with E-state index in [1.54, 1.807) is 17.0 Å². The molecule has 0 aliphatic heterocycles. The molecule has 4 nitrogen and oxygen atoms in total. The van der Waals surface area contributed by atoms with Crippen LogP contribution in [0.5, 0.6) is 5.75 Å². The first-order valence-corrected chi connectivity index (χ1v) is 6.43. The smallest absolute Gasteiger partial charge is 0.236 e. The van der Waals surface area contributed by atoms with E-state index in [4.69, 9.17) is 4.74 Å². The summed E-state index contributed by atoms with van der Waals surface area (Å²) in [5, 5.41) is 2.96. The molecule has 1 aromatic rings. The van der Waals surface area contributed by atoms with Crippen LogP contribution in [-0.4, -0.2) is 37.6 Å². The fraction of sp³-hybridized carbons (Fsp3) is 0.500. The minimum absolute atomic E-state index is 0.0268. The van der Waals surface area contributed by atoms with Gasteiger partial charge in [0.25, 0.3) is 0 Å². The number of methoxy groups -OCH3 is 1. The zero-order valence-corrected chi connectivity index (χ0v) is 11.7. The summed E-state index contributed by atoms with van der Waals surface area (Å²) in [7, 11) is 1.50. The van der Waals surface area contributed by atoms with E-state index in [0.717, 1.165) is 0 Å². The van der Waals surface area contributed by atoms with E-state index in [1.807, 2.05) is 13.8 Å². The predicted molar refractivity (Wildman–Crippen MR) is 72.6 cm³/mol. The average molecular weight is 268 g/mol. The Balaban J connectivity index is 2.47. The molecule has 0 heterocycles. The summed E-state index contributed by atoms with van der Waals surface area (Å²) in [5.41, 5.74) is 0.521. The summed E-state index contributed by atoms with van der Waals surface area (Å²) in [5.74, 6) is 0.182. The van der Waals surface area contributed by atoms with Crippen LogP contribution >= 0.6 is 0 Å². The lowest BCUT2D eigenvalue weighted by Crippen LogP contribution is -2.37. The van der Waals surface area contributed by atoms with Crippen molar-refractivity contribution in [1.29, 1.82) is 0 Å². The molecule has 0 aliphatic rings. The Labute approximate surface area is 113 Å². The lowest BCUT2D eigenvalue weighted by molar-refractivity contribution is -0.129. The summed E-state index contributed by atoms with van der Waals surface area (Å²) in [6, 6.07) is 4.69. The van der Waals surface area contributed by atoms with E-state index in [0.29, 0.717) is 30.9 Å². The van der Waals surface area contributed by atoms with Crippen LogP contribution in [0.25, 0.3) is 0 Å². The lowest BCUT2D eigenvalue weighted by atomic mass is 10.2. The van der Waals surface area contributed by atoms with E-state index < -0.39 is 0 Å². The van der Waals surface area contributed by atoms with Crippen LogP contribution in [0, 0.1) is 5.82 Å². The van der Waals surface area contributed by atoms with Crippen molar-refractivity contribution in [2.45, 2.75) is 20.4 Å². The summed E-state index contributed by atoms with van der Waals surface area (Å²) in [4.78, 5) is 13.5. The first kappa shape index (κ1) is 15.4. The van der Waals surface area contributed by atoms with Crippen LogP contribution in [0.4, 0.5) is 4.39 Å². The van der Waals surface area contributed by atoms with Crippen molar-refractivity contribution in [3.05, 3.63) is 29.6 Å². The molecule has 0 aromatic heterocycles. The van der Waals surface area contributed by atoms with Crippen molar-refractivity contribution in [2.75, 3.05) is 26.7 Å². The van der Waals surface area contributed by atoms with Crippen LogP contribution in [0.15, 0.2) is 18.2 Å². The van der Waals surface area contributed by atoms with Gasteiger partial charge in [-0.15, -0.1) is 0 Å². The highest BCUT2D eigenvalue weighted by Gasteiger charge is 2.09. The van der Waals surface area contributed by atoms with Gasteiger partial charge in [0.2, 0.25) is 5.91 Å². The maximum Gasteiger partial charge on any atom is 0.236 e. The number of benzene rings is 1. The summed E-state index contributed by atoms with van der Waals surface area (Å²) < 4.78 is 18.6. The highest BCUT2D eigenvalue weighted by molar-refractivity contribution is 5.78. The van der Waals surface area contributed by atoms with Gasteiger partial charge in [0, 0.05) is 31.3 Å². The molecular weight excluding hydrogens is 247 g/mol. The van der Waals surface area contributed by atoms with Gasteiger partial charge in [-0.1, -0.05) is 6.07 Å². The number of halogens is 1. The first-order valence-electron chi connectivity index (χ1n) is 6.43. The molecule has 0 spiro atoms. The molecular formula is C14H21FN2O2. The molecule has 1 aromatic carbocycles. The number of rotatable bonds is 7. The summed E-state index contributed by atoms with van der Waals surface area (Å²) in [6.07, 6.45) is 0. The fourth-order valence-electron chi connectivity index (χ4n) is 1.79. The molecule has 0 unspecified atom stereocenters. The number of hydrogen-bond acceptors (Lipinski definition) is 3. The van der Waals surface area contributed by atoms with E-state index in [1.165, 1.54) is 13.2 Å². The van der Waals surface area contributed by atoms with Gasteiger partial charge in [-0.3, -0.25) is 4.79 Å². The summed E-state index contributed by atoms with van der Waals surface area (Å²) in [6.45, 7) is 5.78. The zero-order chi connectivity index (χ0) is 14.3. The predicted octanol–water partition coefficient (Wildman–Crippen LogP) is 1.79. The first-order chi connectivity index (χ1) is 9.12. The van der Waals surface area contributed by atoms with Gasteiger partial charge in [-0.2, -0.15) is 0 Å². The molecule has 106 valence electrons. The largest absolute Gasteiger partial charge is 0.497 e. The number of carbonyl (C=O) groups is 1. The molecule has 0 atom stereocenters. The van der Waals surface area contributed by atoms with Gasteiger partial charge >= 0.3 is 0 Å². The number of likely N-dealkylation sites (N-methyl/N-ethyl adjacent to an activating group) is 1. The van der Waals surface area contributed by atoms with E-state index in [2.05, 4.69) is 5.32 Å². The second kappa shape index (κ2) is 7.74. The standard InChI is InChI=1S/C14H21FN2O2/c1-4-17(5-2)14(18)10-16-9-11-6-7-12(19-3)8-13(11)15/h6-8,16H,4-5,9-10H2,1-3H3. The SMILES string of the molecule is CCN(CC)C(=O)CNCc1ccc(OC)cc1F. The van der Waals surface area contributed by atoms with Crippen LogP contribution in [-0.2, 0) is 11.3 Å². The second-order valence-corrected chi connectivity index (χ2v) is 4.13. The monoisotopic (exact) mass is 268 g/mol. The van der Waals surface area contributed by atoms with Gasteiger partial charge in [0.05, 0.1) is 13.7 Å². The molecule has 1 rings (SSSR count). The Morgan fingerprint density at radius 3 is 2.58 bits per heavy atom. The molecule has 0 bridgehead atoms. The molecule has 1 N–H and O–H groups in total. The molecule has 5 heteroatoms. The number of carbonyl (C=O) groups excluding carboxylic acids is 1. The Bertz CT molecular complexity index is 420. The number of amides is 1. The van der Waals surface area contributed by atoms with Crippen molar-refractivity contribution in [1.82, 2.24) is 10.2 Å². The van der Waals surface area contributed by atoms with Crippen molar-refractivity contribution in [3.63, 3.8) is 0 Å². The normalized spacial score (nSPS) is 10.3. The van der Waals surface area contributed by atoms with Gasteiger partial charge in [0.15, 0.2) is 0 Å². The fourth-order valence-corrected chi connectivity index (χ4v) is 1.79. The molecule has 19 heavy (non-hydrogen) atoms. The third-order valence-electron chi connectivity index (χ3n) is 2.97. The third-order valence-corrected chi connectivity index (χ3v) is 2.97. The van der Waals surface area contributed by atoms with Gasteiger partial charge in [-0.25, -0.2) is 4.39 Å². The number of hydrogen-bond donors (Lipinski definition) is 1. The lowest BCUT2D eigenvalue weighted by Gasteiger charge is -2.18. The minimum atomic E-state index is -0.331. The van der Waals surface area contributed by atoms with E-state index in [-0.39, 0.29) is 18.3 Å². The molecule has 0 fully saturated rings. The highest BCUT2D eigenvalue weighted by Crippen LogP contribution is 2.15. The zero-order valence-electron chi connectivity index (χ0n) is 11.7. The van der Waals surface area contributed by atoms with Crippen molar-refractivity contribution < 1.29 is 13.9 Å². The molecule has 1 amide bonds. The Hall–Kier alpha value is -1.62. The Morgan fingerprint density at radius 2 is 2.05 bits per heavy atom.